The quantitative estimate of drug-likeness (QED) is 0.154. The summed E-state index contributed by atoms with van der Waals surface area (Å²) in [4.78, 5) is 37.5. The summed E-state index contributed by atoms with van der Waals surface area (Å²) in [5, 5.41) is 39.3. The lowest BCUT2D eigenvalue weighted by atomic mass is 9.89. The molecule has 224 valence electrons. The van der Waals surface area contributed by atoms with E-state index in [2.05, 4.69) is 25.7 Å². The molecule has 1 aliphatic heterocycles. The van der Waals surface area contributed by atoms with Crippen LogP contribution in [0.15, 0.2) is 88.1 Å². The minimum atomic E-state index is -1.19. The summed E-state index contributed by atoms with van der Waals surface area (Å²) >= 11 is 0. The lowest BCUT2D eigenvalue weighted by molar-refractivity contribution is 0.0697. The standard InChI is InChI=1S/C33H25N5O7/c1-18-35-37-31(38-36-18)19-3-8-23(9-4-19)44-14-2-13-34-32(41)20-5-10-24(33(42)43)27(15-20)30-25-11-6-21(39)16-28(25)45-29-17-22(40)7-12-26(29)30/h3-12,15-17,39H,2,13-14H2,1H3,(H,34,41)(H,42,43). The maximum absolute atomic E-state index is 13.1. The zero-order chi connectivity index (χ0) is 31.5. The summed E-state index contributed by atoms with van der Waals surface area (Å²) in [5.41, 5.74) is 2.12. The summed E-state index contributed by atoms with van der Waals surface area (Å²) in [7, 11) is 0. The monoisotopic (exact) mass is 603 g/mol. The lowest BCUT2D eigenvalue weighted by Gasteiger charge is -2.17. The number of nitrogens with zero attached hydrogens (tertiary/aromatic N) is 4. The third kappa shape index (κ3) is 6.15. The Balaban J connectivity index is 1.18. The number of aromatic carboxylic acids is 1. The Kier molecular flexibility index (Phi) is 7.85. The molecule has 1 aromatic heterocycles. The van der Waals surface area contributed by atoms with Gasteiger partial charge in [0.05, 0.1) is 12.2 Å². The van der Waals surface area contributed by atoms with E-state index in [1.54, 1.807) is 43.3 Å². The molecule has 1 aliphatic carbocycles. The zero-order valence-corrected chi connectivity index (χ0v) is 23.9. The number of hydrogen-bond acceptors (Lipinski definition) is 10. The Bertz CT molecular complexity index is 2080. The van der Waals surface area contributed by atoms with Gasteiger partial charge in [0.25, 0.3) is 5.91 Å². The Labute approximate surface area is 255 Å². The van der Waals surface area contributed by atoms with Gasteiger partial charge in [-0.15, -0.1) is 20.4 Å². The fourth-order valence-corrected chi connectivity index (χ4v) is 4.89. The number of carboxylic acid groups (broad SMARTS) is 1. The molecule has 12 nitrogen and oxygen atoms in total. The second-order valence-corrected chi connectivity index (χ2v) is 10.1. The number of rotatable bonds is 9. The predicted octanol–water partition coefficient (Wildman–Crippen LogP) is 4.72. The van der Waals surface area contributed by atoms with Crippen LogP contribution in [0.25, 0.3) is 44.8 Å². The number of aromatic hydroxyl groups is 1. The second-order valence-electron chi connectivity index (χ2n) is 10.1. The maximum Gasteiger partial charge on any atom is 0.336 e. The number of aryl methyl sites for hydroxylation is 1. The molecular formula is C33H25N5O7. The second kappa shape index (κ2) is 12.2. The Morgan fingerprint density at radius 3 is 2.42 bits per heavy atom. The highest BCUT2D eigenvalue weighted by Crippen LogP contribution is 2.42. The van der Waals surface area contributed by atoms with Gasteiger partial charge in [-0.25, -0.2) is 4.79 Å². The summed E-state index contributed by atoms with van der Waals surface area (Å²) in [5.74, 6) is 0.102. The number of phenols is 1. The van der Waals surface area contributed by atoms with E-state index in [4.69, 9.17) is 9.15 Å². The minimum absolute atomic E-state index is 0.0412. The van der Waals surface area contributed by atoms with E-state index in [1.165, 1.54) is 42.5 Å². The van der Waals surface area contributed by atoms with E-state index in [0.717, 1.165) is 5.56 Å². The molecule has 3 N–H and O–H groups in total. The van der Waals surface area contributed by atoms with Crippen molar-refractivity contribution in [2.24, 2.45) is 0 Å². The van der Waals surface area contributed by atoms with Crippen LogP contribution in [0.5, 0.6) is 11.5 Å². The van der Waals surface area contributed by atoms with E-state index in [-0.39, 0.29) is 39.2 Å². The smallest absolute Gasteiger partial charge is 0.336 e. The van der Waals surface area contributed by atoms with Gasteiger partial charge in [0.2, 0.25) is 5.82 Å². The summed E-state index contributed by atoms with van der Waals surface area (Å²) in [6, 6.07) is 20.1. The number of hydrogen-bond donors (Lipinski definition) is 3. The van der Waals surface area contributed by atoms with Gasteiger partial charge in [0.1, 0.15) is 22.8 Å². The van der Waals surface area contributed by atoms with Crippen molar-refractivity contribution in [1.82, 2.24) is 25.7 Å². The zero-order valence-electron chi connectivity index (χ0n) is 23.9. The highest BCUT2D eigenvalue weighted by atomic mass is 16.5. The molecule has 0 unspecified atom stereocenters. The fraction of sp³-hybridized carbons (Fsp3) is 0.121. The molecule has 0 atom stereocenters. The molecule has 6 rings (SSSR count). The Hall–Kier alpha value is -6.17. The van der Waals surface area contributed by atoms with Crippen LogP contribution in [-0.2, 0) is 0 Å². The lowest BCUT2D eigenvalue weighted by Crippen LogP contribution is -2.25. The molecule has 0 saturated heterocycles. The number of ether oxygens (including phenoxy) is 1. The van der Waals surface area contributed by atoms with Crippen LogP contribution in [0.4, 0.5) is 0 Å². The molecule has 0 bridgehead atoms. The first-order chi connectivity index (χ1) is 21.8. The number of fused-ring (bicyclic) bond motifs is 2. The van der Waals surface area contributed by atoms with Crippen molar-refractivity contribution in [2.75, 3.05) is 13.2 Å². The molecule has 3 aromatic carbocycles. The Morgan fingerprint density at radius 1 is 0.889 bits per heavy atom. The third-order valence-corrected chi connectivity index (χ3v) is 7.03. The van der Waals surface area contributed by atoms with Gasteiger partial charge in [-0.2, -0.15) is 0 Å². The van der Waals surface area contributed by atoms with Gasteiger partial charge in [0.15, 0.2) is 11.3 Å². The SMILES string of the molecule is Cc1nnc(-c2ccc(OCCCNC(=O)c3ccc(C(=O)O)c(-c4c5ccc(=O)cc-5oc5cc(O)ccc45)c3)cc2)nn1. The molecular weight excluding hydrogens is 578 g/mol. The van der Waals surface area contributed by atoms with Crippen molar-refractivity contribution in [3.63, 3.8) is 0 Å². The number of carbonyl (C=O) groups is 2. The maximum atomic E-state index is 13.1. The van der Waals surface area contributed by atoms with Gasteiger partial charge in [0, 0.05) is 46.3 Å². The van der Waals surface area contributed by atoms with Crippen LogP contribution in [-0.4, -0.2) is 55.6 Å². The van der Waals surface area contributed by atoms with Gasteiger partial charge in [-0.3, -0.25) is 9.59 Å². The van der Waals surface area contributed by atoms with E-state index in [9.17, 15) is 24.6 Å². The molecule has 2 aliphatic rings. The molecule has 0 spiro atoms. The van der Waals surface area contributed by atoms with Crippen LogP contribution < -0.4 is 15.5 Å². The van der Waals surface area contributed by atoms with Crippen molar-refractivity contribution in [2.45, 2.75) is 13.3 Å². The number of benzene rings is 4. The first-order valence-corrected chi connectivity index (χ1v) is 13.9. The molecule has 0 fully saturated rings. The van der Waals surface area contributed by atoms with E-state index in [0.29, 0.717) is 53.5 Å². The van der Waals surface area contributed by atoms with Gasteiger partial charge in [-0.1, -0.05) is 0 Å². The number of amides is 1. The summed E-state index contributed by atoms with van der Waals surface area (Å²) < 4.78 is 11.7. The highest BCUT2D eigenvalue weighted by Gasteiger charge is 2.23. The number of carboxylic acids is 1. The summed E-state index contributed by atoms with van der Waals surface area (Å²) in [6.07, 6.45) is 0.513. The fourth-order valence-electron chi connectivity index (χ4n) is 4.89. The molecule has 45 heavy (non-hydrogen) atoms. The van der Waals surface area contributed by atoms with Crippen LogP contribution in [0.1, 0.15) is 33.0 Å². The first kappa shape index (κ1) is 28.9. The van der Waals surface area contributed by atoms with Crippen LogP contribution in [0, 0.1) is 6.92 Å². The first-order valence-electron chi connectivity index (χ1n) is 13.9. The number of nitrogens with one attached hydrogen (secondary N) is 1. The van der Waals surface area contributed by atoms with E-state index in [1.807, 2.05) is 0 Å². The molecule has 12 heteroatoms. The predicted molar refractivity (Wildman–Crippen MR) is 163 cm³/mol. The van der Waals surface area contributed by atoms with Gasteiger partial charge in [-0.05, 0) is 85.6 Å². The average molecular weight is 604 g/mol. The van der Waals surface area contributed by atoms with Crippen molar-refractivity contribution < 1.29 is 29.0 Å². The van der Waals surface area contributed by atoms with Gasteiger partial charge >= 0.3 is 5.97 Å². The van der Waals surface area contributed by atoms with E-state index < -0.39 is 11.9 Å². The molecule has 1 amide bonds. The molecule has 4 aromatic rings. The number of phenolic OH excluding ortho intramolecular Hbond substituents is 1. The normalized spacial score (nSPS) is 11.0. The van der Waals surface area contributed by atoms with E-state index >= 15 is 0 Å². The molecule has 0 saturated carbocycles. The topological polar surface area (TPSA) is 178 Å². The average Bonchev–Trinajstić information content (AvgIpc) is 3.03. The Morgan fingerprint density at radius 2 is 1.67 bits per heavy atom. The number of aromatic nitrogens is 4. The van der Waals surface area contributed by atoms with Crippen LogP contribution in [0.2, 0.25) is 0 Å². The minimum Gasteiger partial charge on any atom is -0.508 e. The highest BCUT2D eigenvalue weighted by molar-refractivity contribution is 6.09. The van der Waals surface area contributed by atoms with Crippen molar-refractivity contribution >= 4 is 22.8 Å². The molecule has 2 heterocycles. The van der Waals surface area contributed by atoms with Crippen LogP contribution >= 0.6 is 0 Å². The number of carbonyl (C=O) groups excluding carboxylic acids is 1. The summed E-state index contributed by atoms with van der Waals surface area (Å²) in [6.45, 7) is 2.36. The van der Waals surface area contributed by atoms with Crippen molar-refractivity contribution in [3.05, 3.63) is 106 Å². The van der Waals surface area contributed by atoms with Crippen molar-refractivity contribution in [3.8, 4) is 45.3 Å². The van der Waals surface area contributed by atoms with Crippen LogP contribution in [0.3, 0.4) is 0 Å². The third-order valence-electron chi connectivity index (χ3n) is 7.03. The van der Waals surface area contributed by atoms with Crippen molar-refractivity contribution in [1.29, 1.82) is 0 Å². The molecule has 0 radical (unpaired) electrons. The largest absolute Gasteiger partial charge is 0.508 e. The van der Waals surface area contributed by atoms with Gasteiger partial charge < -0.3 is 24.7 Å².